The highest BCUT2D eigenvalue weighted by atomic mass is 32.2. The van der Waals surface area contributed by atoms with Gasteiger partial charge in [0, 0.05) is 16.1 Å². The zero-order valence-corrected chi connectivity index (χ0v) is 19.5. The highest BCUT2D eigenvalue weighted by molar-refractivity contribution is 7.92. The van der Waals surface area contributed by atoms with Crippen molar-refractivity contribution in [2.24, 2.45) is 5.73 Å². The summed E-state index contributed by atoms with van der Waals surface area (Å²) in [6.45, 7) is 0. The van der Waals surface area contributed by atoms with Gasteiger partial charge in [0.05, 0.1) is 17.6 Å². The van der Waals surface area contributed by atoms with Gasteiger partial charge in [-0.25, -0.2) is 8.42 Å². The standard InChI is InChI=1S/C23H23N3O5S2/c1-31-16-10-12-17(13-11-16)33(29,30)26-15-8-6-14(7-9-15)22(28)25-23-20(21(24)27)18-4-2-3-5-19(18)32-23/h6-13,26H,2-5H2,1H3,(H2,24,27)(H,25,28). The van der Waals surface area contributed by atoms with E-state index in [9.17, 15) is 18.0 Å². The third-order valence-corrected chi connectivity index (χ3v) is 8.02. The Kier molecular flexibility index (Phi) is 6.39. The van der Waals surface area contributed by atoms with Gasteiger partial charge in [-0.15, -0.1) is 11.3 Å². The number of sulfonamides is 1. The van der Waals surface area contributed by atoms with Crippen molar-refractivity contribution in [1.82, 2.24) is 0 Å². The van der Waals surface area contributed by atoms with Gasteiger partial charge >= 0.3 is 0 Å². The number of carbonyl (C=O) groups is 2. The van der Waals surface area contributed by atoms with Crippen LogP contribution in [0.3, 0.4) is 0 Å². The number of benzene rings is 2. The number of primary amides is 1. The van der Waals surface area contributed by atoms with Crippen molar-refractivity contribution >= 4 is 43.9 Å². The maximum absolute atomic E-state index is 12.8. The summed E-state index contributed by atoms with van der Waals surface area (Å²) < 4.78 is 32.7. The number of ether oxygens (including phenoxy) is 1. The summed E-state index contributed by atoms with van der Waals surface area (Å²) in [7, 11) is -2.29. The molecule has 0 saturated carbocycles. The van der Waals surface area contributed by atoms with E-state index in [-0.39, 0.29) is 4.90 Å². The number of hydrogen-bond donors (Lipinski definition) is 3. The fraction of sp³-hybridized carbons (Fsp3) is 0.217. The van der Waals surface area contributed by atoms with Crippen LogP contribution in [0.15, 0.2) is 53.4 Å². The number of carbonyl (C=O) groups excluding carboxylic acids is 2. The molecule has 3 aromatic rings. The minimum atomic E-state index is -3.79. The number of rotatable bonds is 7. The SMILES string of the molecule is COc1ccc(S(=O)(=O)Nc2ccc(C(=O)Nc3sc4c(c3C(N)=O)CCCC4)cc2)cc1. The van der Waals surface area contributed by atoms with Crippen LogP contribution < -0.4 is 20.5 Å². The van der Waals surface area contributed by atoms with E-state index in [1.807, 2.05) is 0 Å². The van der Waals surface area contributed by atoms with Gasteiger partial charge < -0.3 is 15.8 Å². The van der Waals surface area contributed by atoms with Crippen molar-refractivity contribution in [1.29, 1.82) is 0 Å². The predicted molar refractivity (Wildman–Crippen MR) is 128 cm³/mol. The van der Waals surface area contributed by atoms with Crippen LogP contribution in [0.2, 0.25) is 0 Å². The fourth-order valence-corrected chi connectivity index (χ4v) is 6.10. The number of hydrogen-bond acceptors (Lipinski definition) is 6. The van der Waals surface area contributed by atoms with Crippen molar-refractivity contribution < 1.29 is 22.7 Å². The first kappa shape index (κ1) is 22.8. The third kappa shape index (κ3) is 4.86. The molecule has 10 heteroatoms. The molecule has 1 aliphatic rings. The van der Waals surface area contributed by atoms with Crippen molar-refractivity contribution in [3.63, 3.8) is 0 Å². The molecule has 1 aromatic heterocycles. The normalized spacial score (nSPS) is 13.1. The van der Waals surface area contributed by atoms with E-state index in [0.717, 1.165) is 36.1 Å². The third-order valence-electron chi connectivity index (χ3n) is 5.41. The van der Waals surface area contributed by atoms with Crippen molar-refractivity contribution in [3.05, 3.63) is 70.1 Å². The molecule has 1 heterocycles. The first-order valence-electron chi connectivity index (χ1n) is 10.3. The smallest absolute Gasteiger partial charge is 0.261 e. The Bertz CT molecular complexity index is 1300. The first-order valence-corrected chi connectivity index (χ1v) is 12.6. The Morgan fingerprint density at radius 3 is 2.30 bits per heavy atom. The molecule has 0 atom stereocenters. The number of nitrogens with two attached hydrogens (primary N) is 1. The van der Waals surface area contributed by atoms with Crippen LogP contribution in [-0.2, 0) is 22.9 Å². The molecule has 2 amide bonds. The van der Waals surface area contributed by atoms with E-state index in [1.54, 1.807) is 12.1 Å². The number of anilines is 2. The van der Waals surface area contributed by atoms with Gasteiger partial charge in [-0.05, 0) is 79.8 Å². The summed E-state index contributed by atoms with van der Waals surface area (Å²) in [5.74, 6) is -0.399. The number of methoxy groups -OCH3 is 1. The Hall–Kier alpha value is -3.37. The summed E-state index contributed by atoms with van der Waals surface area (Å²) in [5, 5.41) is 3.26. The van der Waals surface area contributed by atoms with Crippen LogP contribution in [0, 0.1) is 0 Å². The fourth-order valence-electron chi connectivity index (χ4n) is 3.75. The van der Waals surface area contributed by atoms with E-state index in [2.05, 4.69) is 10.0 Å². The Labute approximate surface area is 195 Å². The lowest BCUT2D eigenvalue weighted by molar-refractivity contribution is 0.100. The lowest BCUT2D eigenvalue weighted by Gasteiger charge is -2.11. The number of nitrogens with one attached hydrogen (secondary N) is 2. The molecule has 1 aliphatic carbocycles. The maximum Gasteiger partial charge on any atom is 0.261 e. The van der Waals surface area contributed by atoms with Gasteiger partial charge in [0.25, 0.3) is 21.8 Å². The van der Waals surface area contributed by atoms with Gasteiger partial charge in [-0.2, -0.15) is 0 Å². The number of thiophene rings is 1. The molecule has 0 spiro atoms. The zero-order chi connectivity index (χ0) is 23.6. The second kappa shape index (κ2) is 9.24. The molecule has 2 aromatic carbocycles. The van der Waals surface area contributed by atoms with E-state index in [1.165, 1.54) is 54.8 Å². The highest BCUT2D eigenvalue weighted by Gasteiger charge is 2.25. The molecule has 8 nitrogen and oxygen atoms in total. The molecule has 0 fully saturated rings. The minimum Gasteiger partial charge on any atom is -0.497 e. The van der Waals surface area contributed by atoms with E-state index < -0.39 is 21.8 Å². The molecule has 0 saturated heterocycles. The zero-order valence-electron chi connectivity index (χ0n) is 17.9. The number of fused-ring (bicyclic) bond motifs is 1. The molecule has 0 unspecified atom stereocenters. The molecule has 33 heavy (non-hydrogen) atoms. The Morgan fingerprint density at radius 2 is 1.67 bits per heavy atom. The molecule has 172 valence electrons. The average Bonchev–Trinajstić information content (AvgIpc) is 3.17. The van der Waals surface area contributed by atoms with Gasteiger partial charge in [-0.3, -0.25) is 14.3 Å². The summed E-state index contributed by atoms with van der Waals surface area (Å²) in [5.41, 5.74) is 7.56. The maximum atomic E-state index is 12.8. The quantitative estimate of drug-likeness (QED) is 0.469. The molecule has 0 bridgehead atoms. The summed E-state index contributed by atoms with van der Waals surface area (Å²) >= 11 is 1.39. The van der Waals surface area contributed by atoms with Crippen molar-refractivity contribution in [2.45, 2.75) is 30.6 Å². The molecule has 4 rings (SSSR count). The van der Waals surface area contributed by atoms with Crippen LogP contribution in [0.25, 0.3) is 0 Å². The van der Waals surface area contributed by atoms with Crippen molar-refractivity contribution in [2.75, 3.05) is 17.1 Å². The second-order valence-corrected chi connectivity index (χ2v) is 10.4. The Morgan fingerprint density at radius 1 is 1.00 bits per heavy atom. The topological polar surface area (TPSA) is 128 Å². The van der Waals surface area contributed by atoms with Gasteiger partial charge in [0.1, 0.15) is 10.8 Å². The monoisotopic (exact) mass is 485 g/mol. The van der Waals surface area contributed by atoms with Gasteiger partial charge in [-0.1, -0.05) is 0 Å². The molecule has 4 N–H and O–H groups in total. The second-order valence-electron chi connectivity index (χ2n) is 7.59. The summed E-state index contributed by atoms with van der Waals surface area (Å²) in [6.07, 6.45) is 3.69. The van der Waals surface area contributed by atoms with Crippen LogP contribution >= 0.6 is 11.3 Å². The lowest BCUT2D eigenvalue weighted by Crippen LogP contribution is -2.18. The van der Waals surface area contributed by atoms with Gasteiger partial charge in [0.15, 0.2) is 0 Å². The summed E-state index contributed by atoms with van der Waals surface area (Å²) in [4.78, 5) is 26.0. The van der Waals surface area contributed by atoms with E-state index in [4.69, 9.17) is 10.5 Å². The van der Waals surface area contributed by atoms with Crippen LogP contribution in [0.5, 0.6) is 5.75 Å². The summed E-state index contributed by atoms with van der Waals surface area (Å²) in [6, 6.07) is 12.0. The highest BCUT2D eigenvalue weighted by Crippen LogP contribution is 2.38. The molecule has 0 radical (unpaired) electrons. The predicted octanol–water partition coefficient (Wildman–Crippen LogP) is 3.79. The average molecular weight is 486 g/mol. The molecule has 0 aliphatic heterocycles. The minimum absolute atomic E-state index is 0.0887. The lowest BCUT2D eigenvalue weighted by atomic mass is 9.95. The molecular formula is C23H23N3O5S2. The van der Waals surface area contributed by atoms with Crippen LogP contribution in [0.4, 0.5) is 10.7 Å². The van der Waals surface area contributed by atoms with E-state index in [0.29, 0.717) is 27.6 Å². The van der Waals surface area contributed by atoms with Crippen LogP contribution in [0.1, 0.15) is 44.0 Å². The number of amides is 2. The number of aryl methyl sites for hydroxylation is 1. The Balaban J connectivity index is 1.49. The van der Waals surface area contributed by atoms with E-state index >= 15 is 0 Å². The first-order chi connectivity index (χ1) is 15.8. The van der Waals surface area contributed by atoms with Gasteiger partial charge in [0.2, 0.25) is 0 Å². The molecular weight excluding hydrogens is 462 g/mol. The van der Waals surface area contributed by atoms with Crippen molar-refractivity contribution in [3.8, 4) is 5.75 Å². The van der Waals surface area contributed by atoms with Crippen LogP contribution in [-0.4, -0.2) is 27.3 Å². The largest absolute Gasteiger partial charge is 0.497 e.